The van der Waals surface area contributed by atoms with Crippen LogP contribution >= 0.6 is 0 Å². The van der Waals surface area contributed by atoms with Crippen LogP contribution in [0.1, 0.15) is 181 Å². The minimum Gasteiger partial charge on any atom is -0.493 e. The lowest BCUT2D eigenvalue weighted by atomic mass is 9.90. The first-order chi connectivity index (χ1) is 52.2. The lowest BCUT2D eigenvalue weighted by Gasteiger charge is -2.38. The normalized spacial score (nSPS) is 24.5. The summed E-state index contributed by atoms with van der Waals surface area (Å²) in [6.07, 6.45) is 0.660. The molecular weight excluding hydrogens is 1410 g/mol. The first-order valence-corrected chi connectivity index (χ1v) is 38.6. The van der Waals surface area contributed by atoms with Gasteiger partial charge in [0.25, 0.3) is 23.4 Å². The number of nitrogen functional groups attached to an aromatic ring is 2. The molecule has 6 aromatic rings. The van der Waals surface area contributed by atoms with Crippen molar-refractivity contribution in [1.82, 2.24) is 40.5 Å². The van der Waals surface area contributed by atoms with E-state index in [0.717, 1.165) is 93.2 Å². The number of nitrogens with one attached hydrogen (secondary N) is 6. The van der Waals surface area contributed by atoms with Crippen LogP contribution in [-0.4, -0.2) is 179 Å². The number of nitrogens with two attached hydrogens (primary N) is 2. The molecule has 7 aliphatic rings. The Labute approximate surface area is 643 Å². The van der Waals surface area contributed by atoms with E-state index in [1.807, 2.05) is 55.4 Å². The van der Waals surface area contributed by atoms with Gasteiger partial charge in [0.15, 0.2) is 35.4 Å². The summed E-state index contributed by atoms with van der Waals surface area (Å²) in [5, 5.41) is 19.9. The van der Waals surface area contributed by atoms with Crippen LogP contribution in [0.25, 0.3) is 0 Å². The zero-order valence-corrected chi connectivity index (χ0v) is 66.3. The number of fused-ring (bicyclic) bond motifs is 14. The summed E-state index contributed by atoms with van der Waals surface area (Å²) in [6.45, 7) is 33.9. The molecule has 0 radical (unpaired) electrons. The lowest BCUT2D eigenvalue weighted by molar-refractivity contribution is -0.324. The molecule has 8 heterocycles. The molecule has 2 aromatic heterocycles. The Morgan fingerprint density at radius 2 is 0.755 bits per heavy atom. The standard InChI is InChI=1S/C80H110N14O16/c1-17-27-97-57-45-23-21-24-46(57)32-50-36-54(88-72-92-68(82)90-70(94-72)86-44-74(7,8)42-84-66(96)80-64(108-78(15,16)110-80)62-56(104-80)40-102-76(11,12)106-62)38-52(60(50)100-30-20-4)34-48-26-22-25-47(58(48)98-28-18-2)33-51-37-53(35-49(31-45)59(51)99-29-19-3)87-71-91-67(81)89-69(93-71)85-43-73(5,6)41-83-65(95)79-63(107-77(13,14)109-79)61-55(103-79)39-101-75(9,10)105-61/h21-26,35-38,55-56,61-64H,17-20,27-34,39-44H2,1-16H3,(H,83,95)(H,84,96)(H4,81,85,87,89,91,93)(H4,82,86,88,90,92,94)/t55-,56-,61+,62+,63-,64-,79+,80+/m0/s1. The molecule has 1 aliphatic carbocycles. The highest BCUT2D eigenvalue weighted by Gasteiger charge is 2.72. The average molecular weight is 1520 g/mol. The zero-order chi connectivity index (χ0) is 78.3. The molecule has 6 aliphatic heterocycles. The number of anilines is 8. The molecule has 4 aromatic carbocycles. The van der Waals surface area contributed by atoms with Gasteiger partial charge in [0, 0.05) is 85.5 Å². The Hall–Kier alpha value is -8.56. The molecule has 596 valence electrons. The highest BCUT2D eigenvalue weighted by molar-refractivity contribution is 5.86. The zero-order valence-electron chi connectivity index (χ0n) is 66.3. The Morgan fingerprint density at radius 1 is 0.436 bits per heavy atom. The molecule has 13 rings (SSSR count). The number of ether oxygens (including phenoxy) is 14. The van der Waals surface area contributed by atoms with Crippen molar-refractivity contribution in [3.05, 3.63) is 105 Å². The van der Waals surface area contributed by atoms with Gasteiger partial charge in [-0.3, -0.25) is 9.59 Å². The topological polar surface area (TPSA) is 365 Å². The summed E-state index contributed by atoms with van der Waals surface area (Å²) in [6, 6.07) is 20.8. The first kappa shape index (κ1) is 79.5. The SMILES string of the molecule is CCCOc1c2cccc1Cc1cc(Nc3nc(N)nc(NCC(C)(C)CNC(=O)[C@@]45O[C@H]6COC(C)(C)O[C@H]6[C@@H]4OC(C)(C)O5)n3)cc(c1OCCC)Cc1cccc(c1OCCC)Cc1cc(Nc3nc(N)nc(NCC(C)(C)CNC(=O)[C@@]45O[C@H]6COC(C)(C)O[C@H]6[C@@H]4OC(C)(C)O5)n3)cc(c1OCCC)C2. The van der Waals surface area contributed by atoms with E-state index in [-0.39, 0.29) is 62.0 Å². The summed E-state index contributed by atoms with van der Waals surface area (Å²) >= 11 is 0. The van der Waals surface area contributed by atoms with Crippen LogP contribution in [0.3, 0.4) is 0 Å². The Morgan fingerprint density at radius 3 is 1.08 bits per heavy atom. The van der Waals surface area contributed by atoms with Gasteiger partial charge in [-0.2, -0.15) is 29.9 Å². The van der Waals surface area contributed by atoms with Crippen molar-refractivity contribution in [1.29, 1.82) is 0 Å². The fraction of sp³-hybridized carbons (Fsp3) is 0.600. The quantitative estimate of drug-likeness (QED) is 0.0226. The smallest absolute Gasteiger partial charge is 0.283 e. The largest absolute Gasteiger partial charge is 0.493 e. The Balaban J connectivity index is 0.779. The second kappa shape index (κ2) is 31.5. The van der Waals surface area contributed by atoms with Gasteiger partial charge in [0.2, 0.25) is 35.7 Å². The fourth-order valence-electron chi connectivity index (χ4n) is 15.0. The highest BCUT2D eigenvalue weighted by atomic mass is 16.9. The number of benzene rings is 4. The monoisotopic (exact) mass is 1520 g/mol. The number of aromatic nitrogens is 6. The third kappa shape index (κ3) is 17.7. The predicted octanol–water partition coefficient (Wildman–Crippen LogP) is 10.4. The van der Waals surface area contributed by atoms with Crippen LogP contribution in [0, 0.1) is 10.8 Å². The van der Waals surface area contributed by atoms with E-state index in [2.05, 4.69) is 140 Å². The minimum atomic E-state index is -1.75. The van der Waals surface area contributed by atoms with Crippen molar-refractivity contribution >= 4 is 58.9 Å². The predicted molar refractivity (Wildman–Crippen MR) is 411 cm³/mol. The van der Waals surface area contributed by atoms with E-state index in [9.17, 15) is 9.59 Å². The number of nitrogens with zero attached hydrogens (tertiary/aromatic N) is 6. The molecule has 30 heteroatoms. The fourth-order valence-corrected chi connectivity index (χ4v) is 15.0. The molecule has 30 nitrogen and oxygen atoms in total. The summed E-state index contributed by atoms with van der Waals surface area (Å²) in [4.78, 5) is 56.6. The van der Waals surface area contributed by atoms with Crippen LogP contribution in [0.4, 0.5) is 47.1 Å². The van der Waals surface area contributed by atoms with Gasteiger partial charge >= 0.3 is 0 Å². The summed E-state index contributed by atoms with van der Waals surface area (Å²) in [7, 11) is 0. The molecule has 0 saturated carbocycles. The molecule has 0 spiro atoms. The summed E-state index contributed by atoms with van der Waals surface area (Å²) in [5.74, 6) is -4.71. The first-order valence-electron chi connectivity index (χ1n) is 38.6. The number of carbonyl (C=O) groups is 2. The molecule has 8 bridgehead atoms. The molecular formula is C80H110N14O16. The lowest BCUT2D eigenvalue weighted by Crippen LogP contribution is -2.56. The second-order valence-electron chi connectivity index (χ2n) is 32.8. The maximum atomic E-state index is 14.3. The molecule has 2 amide bonds. The van der Waals surface area contributed by atoms with E-state index in [4.69, 9.17) is 87.8 Å². The molecule has 10 N–H and O–H groups in total. The number of hydrogen-bond acceptors (Lipinski definition) is 28. The van der Waals surface area contributed by atoms with Crippen molar-refractivity contribution in [3.8, 4) is 23.0 Å². The highest BCUT2D eigenvalue weighted by Crippen LogP contribution is 2.52. The molecule has 8 atom stereocenters. The van der Waals surface area contributed by atoms with Gasteiger partial charge in [-0.25, -0.2) is 0 Å². The van der Waals surface area contributed by atoms with Crippen molar-refractivity contribution in [2.75, 3.05) is 98.6 Å². The van der Waals surface area contributed by atoms with Gasteiger partial charge in [0.1, 0.15) is 47.4 Å². The van der Waals surface area contributed by atoms with E-state index in [0.29, 0.717) is 76.6 Å². The van der Waals surface area contributed by atoms with Gasteiger partial charge in [0.05, 0.1) is 39.6 Å². The van der Waals surface area contributed by atoms with E-state index >= 15 is 0 Å². The number of hydrogen-bond donors (Lipinski definition) is 8. The number of para-hydroxylation sites is 2. The number of amides is 2. The van der Waals surface area contributed by atoms with Crippen LogP contribution in [0.5, 0.6) is 23.0 Å². The van der Waals surface area contributed by atoms with Gasteiger partial charge < -0.3 is 110 Å². The molecule has 0 unspecified atom stereocenters. The Kier molecular flexibility index (Phi) is 22.8. The van der Waals surface area contributed by atoms with Gasteiger partial charge in [-0.15, -0.1) is 0 Å². The number of rotatable bonds is 28. The average Bonchev–Trinajstić information content (AvgIpc) is 1.56. The van der Waals surface area contributed by atoms with Crippen molar-refractivity contribution in [3.63, 3.8) is 0 Å². The van der Waals surface area contributed by atoms with Crippen molar-refractivity contribution < 1.29 is 75.9 Å². The maximum Gasteiger partial charge on any atom is 0.283 e. The summed E-state index contributed by atoms with van der Waals surface area (Å²) in [5.41, 5.74) is 20.5. The van der Waals surface area contributed by atoms with Gasteiger partial charge in [-0.05, 0) is 138 Å². The maximum absolute atomic E-state index is 14.3. The van der Waals surface area contributed by atoms with Crippen LogP contribution in [0.2, 0.25) is 0 Å². The molecule has 110 heavy (non-hydrogen) atoms. The molecule has 6 fully saturated rings. The van der Waals surface area contributed by atoms with E-state index in [1.165, 1.54) is 0 Å². The summed E-state index contributed by atoms with van der Waals surface area (Å²) < 4.78 is 89.9. The van der Waals surface area contributed by atoms with Crippen LogP contribution in [0.15, 0.2) is 60.7 Å². The van der Waals surface area contributed by atoms with Crippen molar-refractivity contribution in [2.45, 2.75) is 233 Å². The van der Waals surface area contributed by atoms with Crippen LogP contribution < -0.4 is 62.3 Å². The van der Waals surface area contributed by atoms with Crippen molar-refractivity contribution in [2.24, 2.45) is 10.8 Å². The van der Waals surface area contributed by atoms with Crippen LogP contribution in [-0.2, 0) is 82.6 Å². The number of carbonyl (C=O) groups excluding carboxylic acids is 2. The van der Waals surface area contributed by atoms with Gasteiger partial charge in [-0.1, -0.05) is 91.8 Å². The Bertz CT molecular complexity index is 3990. The van der Waals surface area contributed by atoms with E-state index < -0.39 is 94.0 Å². The third-order valence-electron chi connectivity index (χ3n) is 19.9. The second-order valence-corrected chi connectivity index (χ2v) is 32.8. The minimum absolute atomic E-state index is 0.0139. The van der Waals surface area contributed by atoms with E-state index in [1.54, 1.807) is 27.7 Å². The third-order valence-corrected chi connectivity index (χ3v) is 19.9. The molecule has 6 saturated heterocycles.